The largest absolute Gasteiger partial charge is 0.508 e. The summed E-state index contributed by atoms with van der Waals surface area (Å²) in [6, 6.07) is 8.45. The maximum atomic E-state index is 11.6. The van der Waals surface area contributed by atoms with Gasteiger partial charge in [-0.25, -0.2) is 0 Å². The van der Waals surface area contributed by atoms with E-state index in [-0.39, 0.29) is 29.9 Å². The molecular formula is C27H29NO7. The first-order chi connectivity index (χ1) is 16.8. The van der Waals surface area contributed by atoms with Crippen LogP contribution in [0.3, 0.4) is 0 Å². The number of aryl methyl sites for hydroxylation is 1. The Balaban J connectivity index is 1.51. The minimum Gasteiger partial charge on any atom is -0.508 e. The third-order valence-corrected chi connectivity index (χ3v) is 6.92. The van der Waals surface area contributed by atoms with Gasteiger partial charge in [-0.1, -0.05) is 13.0 Å². The van der Waals surface area contributed by atoms with E-state index in [2.05, 4.69) is 25.8 Å². The number of ether oxygens (including phenoxy) is 4. The van der Waals surface area contributed by atoms with Crippen molar-refractivity contribution in [3.8, 4) is 28.7 Å². The molecule has 0 amide bonds. The summed E-state index contributed by atoms with van der Waals surface area (Å²) < 4.78 is 22.5. The Morgan fingerprint density at radius 2 is 1.86 bits per heavy atom. The second-order valence-corrected chi connectivity index (χ2v) is 9.04. The van der Waals surface area contributed by atoms with Gasteiger partial charge < -0.3 is 34.1 Å². The molecule has 0 saturated carbocycles. The number of phenols is 2. The van der Waals surface area contributed by atoms with Gasteiger partial charge in [-0.3, -0.25) is 4.79 Å². The van der Waals surface area contributed by atoms with Gasteiger partial charge in [0, 0.05) is 41.4 Å². The van der Waals surface area contributed by atoms with Gasteiger partial charge in [0.25, 0.3) is 6.29 Å². The van der Waals surface area contributed by atoms with Crippen molar-refractivity contribution in [2.75, 3.05) is 7.11 Å². The number of aromatic amines is 1. The van der Waals surface area contributed by atoms with Crippen molar-refractivity contribution in [2.24, 2.45) is 0 Å². The first kappa shape index (κ1) is 23.0. The number of aromatic nitrogens is 1. The number of phenolic OH excluding ortho intramolecular Hbond substituents is 2. The predicted octanol–water partition coefficient (Wildman–Crippen LogP) is 4.92. The van der Waals surface area contributed by atoms with Crippen molar-refractivity contribution in [3.05, 3.63) is 64.0 Å². The first-order valence-electron chi connectivity index (χ1n) is 11.7. The fraction of sp³-hybridized carbons (Fsp3) is 0.370. The molecule has 3 heterocycles. The van der Waals surface area contributed by atoms with E-state index < -0.39 is 12.3 Å². The van der Waals surface area contributed by atoms with Crippen LogP contribution < -0.4 is 14.2 Å². The van der Waals surface area contributed by atoms with E-state index in [0.717, 1.165) is 23.4 Å². The van der Waals surface area contributed by atoms with Crippen molar-refractivity contribution in [3.63, 3.8) is 0 Å². The number of H-pyrrole nitrogens is 1. The molecule has 2 unspecified atom stereocenters. The Kier molecular flexibility index (Phi) is 5.75. The standard InChI is InChI=1S/C27H29NO7/c1-5-17-13(2)27(28-14(17)3)18-11-21(33-23-10-16(29)9-19(30)26(18)23)15-6-7-20-22(8-15)35-25(34-20)12-24(31)32-4/h6-10,18,21,25,28-30H,5,11-12H2,1-4H3/t18?,21-,25?/m0/s1. The average Bonchev–Trinajstić information content (AvgIpc) is 3.35. The second kappa shape index (κ2) is 8.76. The zero-order chi connectivity index (χ0) is 24.9. The molecule has 1 aromatic heterocycles. The van der Waals surface area contributed by atoms with Gasteiger partial charge in [0.05, 0.1) is 7.11 Å². The predicted molar refractivity (Wildman–Crippen MR) is 127 cm³/mol. The topological polar surface area (TPSA) is 110 Å². The number of nitrogens with one attached hydrogen (secondary N) is 1. The van der Waals surface area contributed by atoms with Crippen LogP contribution in [0.2, 0.25) is 0 Å². The highest BCUT2D eigenvalue weighted by Gasteiger charge is 2.36. The van der Waals surface area contributed by atoms with Crippen molar-refractivity contribution in [2.45, 2.75) is 58.3 Å². The van der Waals surface area contributed by atoms with Gasteiger partial charge >= 0.3 is 5.97 Å². The summed E-state index contributed by atoms with van der Waals surface area (Å²) >= 11 is 0. The number of rotatable bonds is 5. The number of benzene rings is 2. The molecule has 0 bridgehead atoms. The van der Waals surface area contributed by atoms with Gasteiger partial charge in [-0.2, -0.15) is 0 Å². The van der Waals surface area contributed by atoms with E-state index >= 15 is 0 Å². The summed E-state index contributed by atoms with van der Waals surface area (Å²) in [4.78, 5) is 15.1. The van der Waals surface area contributed by atoms with Crippen LogP contribution in [-0.4, -0.2) is 34.6 Å². The number of hydrogen-bond acceptors (Lipinski definition) is 7. The van der Waals surface area contributed by atoms with Gasteiger partial charge in [0.1, 0.15) is 29.8 Å². The van der Waals surface area contributed by atoms with Gasteiger partial charge in [-0.05, 0) is 49.1 Å². The van der Waals surface area contributed by atoms with E-state index in [1.165, 1.54) is 24.3 Å². The fourth-order valence-corrected chi connectivity index (χ4v) is 5.26. The third-order valence-electron chi connectivity index (χ3n) is 6.92. The molecular weight excluding hydrogens is 450 g/mol. The van der Waals surface area contributed by atoms with E-state index in [1.807, 2.05) is 12.1 Å². The molecule has 3 aromatic rings. The Morgan fingerprint density at radius 3 is 2.57 bits per heavy atom. The number of fused-ring (bicyclic) bond motifs is 2. The minimum absolute atomic E-state index is 0.00416. The summed E-state index contributed by atoms with van der Waals surface area (Å²) in [5.74, 6) is 0.877. The maximum Gasteiger partial charge on any atom is 0.313 e. The highest BCUT2D eigenvalue weighted by atomic mass is 16.7. The lowest BCUT2D eigenvalue weighted by Gasteiger charge is -2.33. The van der Waals surface area contributed by atoms with Crippen molar-refractivity contribution in [1.29, 1.82) is 0 Å². The number of esters is 1. The monoisotopic (exact) mass is 479 g/mol. The number of carbonyl (C=O) groups excluding carboxylic acids is 1. The van der Waals surface area contributed by atoms with Crippen LogP contribution in [-0.2, 0) is 16.0 Å². The van der Waals surface area contributed by atoms with Crippen LogP contribution in [0, 0.1) is 13.8 Å². The van der Waals surface area contributed by atoms with Crippen LogP contribution in [0.1, 0.15) is 65.4 Å². The normalized spacial score (nSPS) is 20.3. The molecule has 0 aliphatic carbocycles. The van der Waals surface area contributed by atoms with Crippen LogP contribution in [0.4, 0.5) is 0 Å². The highest BCUT2D eigenvalue weighted by Crippen LogP contribution is 2.51. The number of carbonyl (C=O) groups is 1. The van der Waals surface area contributed by atoms with Crippen LogP contribution in [0.5, 0.6) is 28.7 Å². The SMILES string of the molecule is CCc1c(C)[nH]c(C2C[C@@H](c3ccc4c(c3)OC(CC(=O)OC)O4)Oc3cc(O)cc(O)c32)c1C. The summed E-state index contributed by atoms with van der Waals surface area (Å²) in [6.45, 7) is 6.29. The molecule has 184 valence electrons. The van der Waals surface area contributed by atoms with E-state index in [0.29, 0.717) is 29.2 Å². The molecule has 2 aliphatic rings. The molecule has 2 aliphatic heterocycles. The van der Waals surface area contributed by atoms with Gasteiger partial charge in [-0.15, -0.1) is 0 Å². The molecule has 3 atom stereocenters. The molecule has 5 rings (SSSR count). The fourth-order valence-electron chi connectivity index (χ4n) is 5.26. The number of hydrogen-bond donors (Lipinski definition) is 3. The zero-order valence-corrected chi connectivity index (χ0v) is 20.2. The lowest BCUT2D eigenvalue weighted by molar-refractivity contribution is -0.145. The van der Waals surface area contributed by atoms with Crippen LogP contribution >= 0.6 is 0 Å². The summed E-state index contributed by atoms with van der Waals surface area (Å²) in [5.41, 5.74) is 6.11. The van der Waals surface area contributed by atoms with Gasteiger partial charge in [0.2, 0.25) is 0 Å². The van der Waals surface area contributed by atoms with E-state index in [9.17, 15) is 15.0 Å². The highest BCUT2D eigenvalue weighted by molar-refractivity contribution is 5.70. The minimum atomic E-state index is -0.737. The molecule has 0 spiro atoms. The third kappa shape index (κ3) is 4.03. The molecule has 8 heteroatoms. The van der Waals surface area contributed by atoms with E-state index in [4.69, 9.17) is 18.9 Å². The lowest BCUT2D eigenvalue weighted by Crippen LogP contribution is -2.22. The molecule has 0 fully saturated rings. The summed E-state index contributed by atoms with van der Waals surface area (Å²) in [6.07, 6.45) is 0.360. The van der Waals surface area contributed by atoms with Crippen LogP contribution in [0.15, 0.2) is 30.3 Å². The smallest absolute Gasteiger partial charge is 0.313 e. The molecule has 8 nitrogen and oxygen atoms in total. The second-order valence-electron chi connectivity index (χ2n) is 9.04. The molecule has 2 aromatic carbocycles. The molecule has 35 heavy (non-hydrogen) atoms. The molecule has 0 saturated heterocycles. The van der Waals surface area contributed by atoms with Crippen molar-refractivity contribution < 1.29 is 34.0 Å². The Labute approximate surface area is 203 Å². The Morgan fingerprint density at radius 1 is 1.09 bits per heavy atom. The van der Waals surface area contributed by atoms with Crippen molar-refractivity contribution >= 4 is 5.97 Å². The summed E-state index contributed by atoms with van der Waals surface area (Å²) in [7, 11) is 1.32. The molecule has 3 N–H and O–H groups in total. The maximum absolute atomic E-state index is 11.6. The number of methoxy groups -OCH3 is 1. The summed E-state index contributed by atoms with van der Waals surface area (Å²) in [5, 5.41) is 20.9. The Bertz CT molecular complexity index is 1300. The Hall–Kier alpha value is -3.81. The zero-order valence-electron chi connectivity index (χ0n) is 20.2. The first-order valence-corrected chi connectivity index (χ1v) is 11.7. The quantitative estimate of drug-likeness (QED) is 0.446. The van der Waals surface area contributed by atoms with Crippen molar-refractivity contribution in [1.82, 2.24) is 4.98 Å². The number of aromatic hydroxyl groups is 2. The average molecular weight is 480 g/mol. The lowest BCUT2D eigenvalue weighted by atomic mass is 9.83. The van der Waals surface area contributed by atoms with Crippen LogP contribution in [0.25, 0.3) is 0 Å². The van der Waals surface area contributed by atoms with Gasteiger partial charge in [0.15, 0.2) is 11.5 Å². The van der Waals surface area contributed by atoms with E-state index in [1.54, 1.807) is 12.1 Å². The molecule has 0 radical (unpaired) electrons.